The lowest BCUT2D eigenvalue weighted by Gasteiger charge is -2.46. The van der Waals surface area contributed by atoms with E-state index in [1.54, 1.807) is 17.6 Å². The molecule has 2 N–H and O–H groups in total. The second-order valence-electron chi connectivity index (χ2n) is 8.10. The van der Waals surface area contributed by atoms with E-state index >= 15 is 0 Å². The minimum atomic E-state index is -0.551. The van der Waals surface area contributed by atoms with E-state index in [9.17, 15) is 14.4 Å². The van der Waals surface area contributed by atoms with E-state index in [0.717, 1.165) is 44.8 Å². The first kappa shape index (κ1) is 21.8. The number of piperazine rings is 1. The molecule has 1 aromatic heterocycles. The van der Waals surface area contributed by atoms with Crippen LogP contribution in [0.3, 0.4) is 0 Å². The highest BCUT2D eigenvalue weighted by molar-refractivity contribution is 5.85. The summed E-state index contributed by atoms with van der Waals surface area (Å²) < 4.78 is 1.68. The van der Waals surface area contributed by atoms with Gasteiger partial charge >= 0.3 is 0 Å². The third-order valence-electron chi connectivity index (χ3n) is 6.30. The molecule has 4 heterocycles. The topological polar surface area (TPSA) is 86.7 Å². The van der Waals surface area contributed by atoms with Crippen LogP contribution in [-0.2, 0) is 9.59 Å². The van der Waals surface area contributed by atoms with Crippen LogP contribution in [0.25, 0.3) is 0 Å². The highest BCUT2D eigenvalue weighted by Gasteiger charge is 2.44. The Bertz CT molecular complexity index is 808. The summed E-state index contributed by atoms with van der Waals surface area (Å²) in [5.41, 5.74) is 0.739. The predicted molar refractivity (Wildman–Crippen MR) is 112 cm³/mol. The molecule has 2 amide bonds. The number of pyridine rings is 1. The average molecular weight is 424 g/mol. The van der Waals surface area contributed by atoms with Crippen molar-refractivity contribution < 1.29 is 9.59 Å². The fraction of sp³-hybridized carbons (Fsp3) is 0.650. The number of piperidine rings is 1. The van der Waals surface area contributed by atoms with Gasteiger partial charge in [0, 0.05) is 82.9 Å². The fourth-order valence-corrected chi connectivity index (χ4v) is 4.90. The number of nitrogens with zero attached hydrogens (tertiary/aromatic N) is 3. The molecule has 0 saturated carbocycles. The van der Waals surface area contributed by atoms with Gasteiger partial charge in [-0.15, -0.1) is 12.4 Å². The number of nitrogens with one attached hydrogen (secondary N) is 2. The Morgan fingerprint density at radius 3 is 2.69 bits per heavy atom. The predicted octanol–water partition coefficient (Wildman–Crippen LogP) is -0.202. The molecule has 1 aromatic rings. The van der Waals surface area contributed by atoms with Crippen molar-refractivity contribution in [3.8, 4) is 0 Å². The number of hydrogen-bond donors (Lipinski definition) is 2. The summed E-state index contributed by atoms with van der Waals surface area (Å²) in [6.45, 7) is 8.02. The number of rotatable bonds is 4. The average Bonchev–Trinajstić information content (AvgIpc) is 2.69. The molecule has 0 aromatic carbocycles. The van der Waals surface area contributed by atoms with Crippen molar-refractivity contribution in [1.29, 1.82) is 0 Å². The van der Waals surface area contributed by atoms with Gasteiger partial charge in [0.2, 0.25) is 11.8 Å². The maximum absolute atomic E-state index is 13.1. The SMILES string of the molecule is CC(=O)N1C[C@H]2C[C@@H](C1)[C@H](C(=O)NCCN1CCNCC1)n1c2cccc1=O.Cl. The molecule has 3 aliphatic rings. The molecule has 160 valence electrons. The first-order valence-corrected chi connectivity index (χ1v) is 10.2. The first-order valence-electron chi connectivity index (χ1n) is 10.2. The summed E-state index contributed by atoms with van der Waals surface area (Å²) in [5.74, 6) is -0.00582. The molecular weight excluding hydrogens is 394 g/mol. The zero-order valence-corrected chi connectivity index (χ0v) is 17.6. The highest BCUT2D eigenvalue weighted by atomic mass is 35.5. The zero-order valence-electron chi connectivity index (χ0n) is 16.8. The smallest absolute Gasteiger partial charge is 0.251 e. The van der Waals surface area contributed by atoms with Crippen molar-refractivity contribution in [1.82, 2.24) is 25.0 Å². The molecule has 0 spiro atoms. The van der Waals surface area contributed by atoms with Crippen molar-refractivity contribution in [2.24, 2.45) is 5.92 Å². The summed E-state index contributed by atoms with van der Waals surface area (Å²) in [6.07, 6.45) is 0.836. The largest absolute Gasteiger partial charge is 0.353 e. The van der Waals surface area contributed by atoms with Gasteiger partial charge in [-0.1, -0.05) is 6.07 Å². The lowest BCUT2D eigenvalue weighted by Crippen LogP contribution is -2.54. The van der Waals surface area contributed by atoms with Gasteiger partial charge in [-0.3, -0.25) is 23.9 Å². The van der Waals surface area contributed by atoms with Gasteiger partial charge in [0.05, 0.1) is 0 Å². The number of hydrogen-bond acceptors (Lipinski definition) is 5. The Labute approximate surface area is 177 Å². The van der Waals surface area contributed by atoms with E-state index in [2.05, 4.69) is 15.5 Å². The first-order chi connectivity index (χ1) is 13.5. The molecule has 2 fully saturated rings. The van der Waals surface area contributed by atoms with Crippen LogP contribution in [0.1, 0.15) is 31.0 Å². The monoisotopic (exact) mass is 423 g/mol. The van der Waals surface area contributed by atoms with E-state index in [1.165, 1.54) is 6.07 Å². The molecule has 0 aliphatic carbocycles. The Balaban J connectivity index is 0.00000240. The van der Waals surface area contributed by atoms with Crippen molar-refractivity contribution in [3.05, 3.63) is 34.2 Å². The van der Waals surface area contributed by atoms with Crippen LogP contribution < -0.4 is 16.2 Å². The van der Waals surface area contributed by atoms with Crippen LogP contribution in [0, 0.1) is 5.92 Å². The maximum atomic E-state index is 13.1. The fourth-order valence-electron chi connectivity index (χ4n) is 4.90. The van der Waals surface area contributed by atoms with Crippen LogP contribution in [0.2, 0.25) is 0 Å². The number of carbonyl (C=O) groups excluding carboxylic acids is 2. The Morgan fingerprint density at radius 2 is 1.97 bits per heavy atom. The molecule has 9 heteroatoms. The second kappa shape index (κ2) is 9.28. The Kier molecular flexibility index (Phi) is 6.97. The molecular formula is C20H30ClN5O3. The Hall–Kier alpha value is -1.90. The molecule has 3 aliphatic heterocycles. The van der Waals surface area contributed by atoms with Gasteiger partial charge < -0.3 is 15.5 Å². The summed E-state index contributed by atoms with van der Waals surface area (Å²) in [5, 5.41) is 6.37. The number of carbonyl (C=O) groups is 2. The summed E-state index contributed by atoms with van der Waals surface area (Å²) >= 11 is 0. The number of fused-ring (bicyclic) bond motifs is 4. The van der Waals surface area contributed by atoms with E-state index in [0.29, 0.717) is 19.6 Å². The normalized spacial score (nSPS) is 26.2. The molecule has 8 nitrogen and oxygen atoms in total. The van der Waals surface area contributed by atoms with Crippen molar-refractivity contribution in [2.45, 2.75) is 25.3 Å². The molecule has 4 rings (SSSR count). The molecule has 3 atom stereocenters. The van der Waals surface area contributed by atoms with Gasteiger partial charge in [0.15, 0.2) is 0 Å². The van der Waals surface area contributed by atoms with Crippen LogP contribution in [-0.4, -0.2) is 78.5 Å². The van der Waals surface area contributed by atoms with Crippen LogP contribution in [0.15, 0.2) is 23.0 Å². The third kappa shape index (κ3) is 4.49. The van der Waals surface area contributed by atoms with Crippen molar-refractivity contribution >= 4 is 24.2 Å². The lowest BCUT2D eigenvalue weighted by atomic mass is 9.78. The van der Waals surface area contributed by atoms with Gasteiger partial charge in [0.25, 0.3) is 5.56 Å². The minimum absolute atomic E-state index is 0. The number of aromatic nitrogens is 1. The zero-order chi connectivity index (χ0) is 19.7. The highest BCUT2D eigenvalue weighted by Crippen LogP contribution is 2.41. The van der Waals surface area contributed by atoms with Crippen molar-refractivity contribution in [3.63, 3.8) is 0 Å². The number of amides is 2. The summed E-state index contributed by atoms with van der Waals surface area (Å²) in [6, 6.07) is 4.65. The third-order valence-corrected chi connectivity index (χ3v) is 6.30. The molecule has 0 unspecified atom stereocenters. The van der Waals surface area contributed by atoms with E-state index in [1.807, 2.05) is 11.0 Å². The van der Waals surface area contributed by atoms with Gasteiger partial charge in [-0.05, 0) is 12.5 Å². The van der Waals surface area contributed by atoms with Crippen molar-refractivity contribution in [2.75, 3.05) is 52.4 Å². The number of halogens is 1. The minimum Gasteiger partial charge on any atom is -0.353 e. The lowest BCUT2D eigenvalue weighted by molar-refractivity contribution is -0.135. The van der Waals surface area contributed by atoms with Crippen LogP contribution in [0.4, 0.5) is 0 Å². The molecule has 2 bridgehead atoms. The van der Waals surface area contributed by atoms with E-state index < -0.39 is 6.04 Å². The van der Waals surface area contributed by atoms with E-state index in [4.69, 9.17) is 0 Å². The van der Waals surface area contributed by atoms with Gasteiger partial charge in [-0.25, -0.2) is 0 Å². The van der Waals surface area contributed by atoms with Gasteiger partial charge in [0.1, 0.15) is 6.04 Å². The molecule has 0 radical (unpaired) electrons. The van der Waals surface area contributed by atoms with Crippen LogP contribution in [0.5, 0.6) is 0 Å². The molecule has 2 saturated heterocycles. The Morgan fingerprint density at radius 1 is 1.21 bits per heavy atom. The van der Waals surface area contributed by atoms with E-state index in [-0.39, 0.29) is 41.6 Å². The summed E-state index contributed by atoms with van der Waals surface area (Å²) in [7, 11) is 0. The molecule has 29 heavy (non-hydrogen) atoms. The summed E-state index contributed by atoms with van der Waals surface area (Å²) in [4.78, 5) is 41.9. The number of likely N-dealkylation sites (tertiary alicyclic amines) is 1. The maximum Gasteiger partial charge on any atom is 0.251 e. The quantitative estimate of drug-likeness (QED) is 0.700. The second-order valence-corrected chi connectivity index (χ2v) is 8.10. The van der Waals surface area contributed by atoms with Gasteiger partial charge in [-0.2, -0.15) is 0 Å². The van der Waals surface area contributed by atoms with Crippen LogP contribution >= 0.6 is 12.4 Å². The standard InChI is InChI=1S/C20H29N5O3.ClH/c1-14(26)24-12-15-11-16(13-24)19(25-17(15)3-2-4-18(25)27)20(28)22-7-10-23-8-5-21-6-9-23;/h2-4,15-16,19,21H,5-13H2,1H3,(H,22,28);1H/t15-,16+,19-;/m1./s1.